The number of rotatable bonds is 1. The predicted octanol–water partition coefficient (Wildman–Crippen LogP) is 3.56. The van der Waals surface area contributed by atoms with E-state index in [1.807, 2.05) is 6.07 Å². The van der Waals surface area contributed by atoms with Crippen molar-refractivity contribution in [3.05, 3.63) is 41.0 Å². The summed E-state index contributed by atoms with van der Waals surface area (Å²) >= 11 is 5.56. The van der Waals surface area contributed by atoms with Gasteiger partial charge in [0.2, 0.25) is 0 Å². The first kappa shape index (κ1) is 8.06. The van der Waals surface area contributed by atoms with Gasteiger partial charge in [0.25, 0.3) is 0 Å². The van der Waals surface area contributed by atoms with Crippen LogP contribution in [0.15, 0.2) is 18.2 Å². The van der Waals surface area contributed by atoms with Crippen LogP contribution in [0.4, 0.5) is 4.39 Å². The molecule has 1 saturated carbocycles. The van der Waals surface area contributed by atoms with Crippen LogP contribution in [0.25, 0.3) is 0 Å². The van der Waals surface area contributed by atoms with Crippen LogP contribution in [-0.2, 0) is 0 Å². The molecule has 1 atom stereocenters. The molecule has 2 rings (SSSR count). The molecule has 0 amide bonds. The highest BCUT2D eigenvalue weighted by molar-refractivity contribution is 6.30. The number of hydrogen-bond donors (Lipinski definition) is 0. The normalized spacial score (nSPS) is 17.5. The van der Waals surface area contributed by atoms with Crippen LogP contribution < -0.4 is 0 Å². The van der Waals surface area contributed by atoms with Crippen LogP contribution in [0.1, 0.15) is 24.3 Å². The summed E-state index contributed by atoms with van der Waals surface area (Å²) in [4.78, 5) is 0. The summed E-state index contributed by atoms with van der Waals surface area (Å²) < 4.78 is 13.0. The molecule has 1 aliphatic carbocycles. The van der Waals surface area contributed by atoms with Gasteiger partial charge in [-0.05, 0) is 42.9 Å². The average Bonchev–Trinajstić information content (AvgIpc) is 1.93. The minimum absolute atomic E-state index is 0.207. The quantitative estimate of drug-likeness (QED) is 0.625. The van der Waals surface area contributed by atoms with Crippen molar-refractivity contribution in [2.24, 2.45) is 0 Å². The van der Waals surface area contributed by atoms with Gasteiger partial charge in [0.05, 0.1) is 5.02 Å². The van der Waals surface area contributed by atoms with Gasteiger partial charge in [-0.15, -0.1) is 0 Å². The Morgan fingerprint density at radius 3 is 2.67 bits per heavy atom. The van der Waals surface area contributed by atoms with Gasteiger partial charge in [0.1, 0.15) is 5.82 Å². The Morgan fingerprint density at radius 2 is 2.17 bits per heavy atom. The van der Waals surface area contributed by atoms with Crippen LogP contribution in [0.2, 0.25) is 5.02 Å². The van der Waals surface area contributed by atoms with Gasteiger partial charge in [-0.1, -0.05) is 17.7 Å². The Kier molecular flexibility index (Phi) is 2.05. The van der Waals surface area contributed by atoms with E-state index in [1.54, 1.807) is 6.07 Å². The third-order valence-corrected chi connectivity index (χ3v) is 2.61. The average molecular weight is 184 g/mol. The van der Waals surface area contributed by atoms with E-state index in [4.69, 9.17) is 11.6 Å². The van der Waals surface area contributed by atoms with Crippen molar-refractivity contribution in [2.75, 3.05) is 0 Å². The second-order valence-corrected chi connectivity index (χ2v) is 3.50. The van der Waals surface area contributed by atoms with E-state index < -0.39 is 0 Å². The molecule has 0 nitrogen and oxygen atoms in total. The van der Waals surface area contributed by atoms with E-state index in [9.17, 15) is 4.39 Å². The highest BCUT2D eigenvalue weighted by Gasteiger charge is 2.20. The molecular weight excluding hydrogens is 175 g/mol. The molecule has 0 aromatic heterocycles. The minimum Gasteiger partial charge on any atom is -0.205 e. The van der Waals surface area contributed by atoms with Crippen LogP contribution in [0.5, 0.6) is 0 Å². The summed E-state index contributed by atoms with van der Waals surface area (Å²) in [6, 6.07) is 5.05. The lowest BCUT2D eigenvalue weighted by atomic mass is 9.80. The second kappa shape index (κ2) is 3.06. The van der Waals surface area contributed by atoms with E-state index in [-0.39, 0.29) is 10.8 Å². The van der Waals surface area contributed by atoms with Gasteiger partial charge in [0.15, 0.2) is 0 Å². The highest BCUT2D eigenvalue weighted by atomic mass is 35.5. The molecule has 1 fully saturated rings. The SMILES string of the molecule is Fc1cc(C2[CH]CC2)ccc1Cl. The summed E-state index contributed by atoms with van der Waals surface area (Å²) in [5.41, 5.74) is 1.04. The highest BCUT2D eigenvalue weighted by Crippen LogP contribution is 2.36. The van der Waals surface area contributed by atoms with Gasteiger partial charge < -0.3 is 0 Å². The van der Waals surface area contributed by atoms with Crippen molar-refractivity contribution in [1.82, 2.24) is 0 Å². The van der Waals surface area contributed by atoms with Gasteiger partial charge in [0, 0.05) is 0 Å². The maximum atomic E-state index is 13.0. The molecule has 0 aliphatic heterocycles. The van der Waals surface area contributed by atoms with Crippen LogP contribution >= 0.6 is 11.6 Å². The molecule has 0 spiro atoms. The zero-order valence-electron chi connectivity index (χ0n) is 6.56. The lowest BCUT2D eigenvalue weighted by Crippen LogP contribution is -2.09. The third kappa shape index (κ3) is 1.34. The fraction of sp³-hybridized carbons (Fsp3) is 0.300. The molecule has 1 unspecified atom stereocenters. The summed E-state index contributed by atoms with van der Waals surface area (Å²) in [5.74, 6) is 0.145. The largest absolute Gasteiger partial charge is 0.205 e. The van der Waals surface area contributed by atoms with Crippen molar-refractivity contribution in [2.45, 2.75) is 18.8 Å². The first-order valence-corrected chi connectivity index (χ1v) is 4.43. The zero-order chi connectivity index (χ0) is 8.55. The molecule has 12 heavy (non-hydrogen) atoms. The number of hydrogen-bond acceptors (Lipinski definition) is 0. The molecule has 63 valence electrons. The standard InChI is InChI=1S/C10H9ClF/c11-9-5-4-8(6-10(9)12)7-2-1-3-7/h2,4-7H,1,3H2. The van der Waals surface area contributed by atoms with E-state index >= 15 is 0 Å². The molecule has 0 N–H and O–H groups in total. The predicted molar refractivity (Wildman–Crippen MR) is 47.7 cm³/mol. The molecule has 1 aliphatic rings. The van der Waals surface area contributed by atoms with Crippen molar-refractivity contribution in [1.29, 1.82) is 0 Å². The fourth-order valence-electron chi connectivity index (χ4n) is 1.38. The smallest absolute Gasteiger partial charge is 0.142 e. The molecule has 0 heterocycles. The molecule has 1 aromatic rings. The third-order valence-electron chi connectivity index (χ3n) is 2.30. The molecule has 0 bridgehead atoms. The first-order valence-electron chi connectivity index (χ1n) is 4.05. The lowest BCUT2D eigenvalue weighted by Gasteiger charge is -2.25. The van der Waals surface area contributed by atoms with Gasteiger partial charge in [-0.3, -0.25) is 0 Å². The maximum Gasteiger partial charge on any atom is 0.142 e. The van der Waals surface area contributed by atoms with Crippen LogP contribution in [0, 0.1) is 12.2 Å². The van der Waals surface area contributed by atoms with Crippen molar-refractivity contribution in [3.8, 4) is 0 Å². The maximum absolute atomic E-state index is 13.0. The Balaban J connectivity index is 2.27. The molecule has 1 radical (unpaired) electrons. The number of halogens is 2. The Bertz CT molecular complexity index is 292. The molecule has 0 saturated heterocycles. The molecule has 1 aromatic carbocycles. The summed E-state index contributed by atoms with van der Waals surface area (Å²) in [6.45, 7) is 0. The van der Waals surface area contributed by atoms with Gasteiger partial charge >= 0.3 is 0 Å². The second-order valence-electron chi connectivity index (χ2n) is 3.09. The van der Waals surface area contributed by atoms with Crippen molar-refractivity contribution in [3.63, 3.8) is 0 Å². The zero-order valence-corrected chi connectivity index (χ0v) is 7.31. The monoisotopic (exact) mass is 183 g/mol. The van der Waals surface area contributed by atoms with E-state index in [0.29, 0.717) is 5.92 Å². The Hall–Kier alpha value is -0.560. The fourth-order valence-corrected chi connectivity index (χ4v) is 1.50. The lowest BCUT2D eigenvalue weighted by molar-refractivity contribution is 0.546. The summed E-state index contributed by atoms with van der Waals surface area (Å²) in [7, 11) is 0. The van der Waals surface area contributed by atoms with Gasteiger partial charge in [-0.2, -0.15) is 0 Å². The summed E-state index contributed by atoms with van der Waals surface area (Å²) in [5, 5.41) is 0.207. The Morgan fingerprint density at radius 1 is 1.42 bits per heavy atom. The van der Waals surface area contributed by atoms with Gasteiger partial charge in [-0.25, -0.2) is 4.39 Å². The van der Waals surface area contributed by atoms with Crippen molar-refractivity contribution >= 4 is 11.6 Å². The first-order chi connectivity index (χ1) is 5.77. The Labute approximate surface area is 76.4 Å². The van der Waals surface area contributed by atoms with E-state index in [1.165, 1.54) is 6.07 Å². The van der Waals surface area contributed by atoms with E-state index in [0.717, 1.165) is 18.4 Å². The minimum atomic E-state index is -0.311. The van der Waals surface area contributed by atoms with E-state index in [2.05, 4.69) is 6.42 Å². The number of benzene rings is 1. The molecule has 2 heteroatoms. The topological polar surface area (TPSA) is 0 Å². The van der Waals surface area contributed by atoms with Crippen LogP contribution in [0.3, 0.4) is 0 Å². The van der Waals surface area contributed by atoms with Crippen molar-refractivity contribution < 1.29 is 4.39 Å². The van der Waals surface area contributed by atoms with Crippen LogP contribution in [-0.4, -0.2) is 0 Å². The molecular formula is C10H9ClF. The summed E-state index contributed by atoms with van der Waals surface area (Å²) in [6.07, 6.45) is 4.48.